The highest BCUT2D eigenvalue weighted by molar-refractivity contribution is 5.84. The summed E-state index contributed by atoms with van der Waals surface area (Å²) in [6.45, 7) is 6.55. The third-order valence-electron chi connectivity index (χ3n) is 9.82. The molecule has 7 heteroatoms. The highest BCUT2D eigenvalue weighted by Gasteiger charge is 2.69. The van der Waals surface area contributed by atoms with E-state index in [1.165, 1.54) is 13.8 Å². The van der Waals surface area contributed by atoms with E-state index in [-0.39, 0.29) is 48.1 Å². The quantitative estimate of drug-likeness (QED) is 0.634. The lowest BCUT2D eigenvalue weighted by molar-refractivity contribution is -0.211. The number of esters is 2. The van der Waals surface area contributed by atoms with Crippen molar-refractivity contribution < 1.29 is 34.1 Å². The molecular formula is C25H38O7. The molecule has 0 unspecified atom stereocenters. The van der Waals surface area contributed by atoms with Gasteiger partial charge >= 0.3 is 11.9 Å². The summed E-state index contributed by atoms with van der Waals surface area (Å²) in [5.74, 6) is -0.235. The lowest BCUT2D eigenvalue weighted by Gasteiger charge is -2.60. The topological polar surface area (TPSA) is 110 Å². The standard InChI is InChI=1S/C25H38O7/c1-14(26)31-13-21(32-15(2)27)25(30)10-8-19-18-6-5-16-11-17(28)7-9-23(16,3)22(18)20(29)12-24(19,25)4/h16-19,21-22,28,30H,5-13H2,1-4H3/t16-,17-,18+,19-,21+,22-,23+,24+,25-/m1/s1. The first-order valence-electron chi connectivity index (χ1n) is 12.2. The van der Waals surface area contributed by atoms with Gasteiger partial charge in [0.25, 0.3) is 0 Å². The molecule has 4 fully saturated rings. The highest BCUT2D eigenvalue weighted by atomic mass is 16.6. The Kier molecular flexibility index (Phi) is 5.98. The molecule has 9 atom stereocenters. The second-order valence-electron chi connectivity index (χ2n) is 11.4. The first-order chi connectivity index (χ1) is 14.9. The van der Waals surface area contributed by atoms with E-state index in [1.54, 1.807) is 0 Å². The van der Waals surface area contributed by atoms with Crippen LogP contribution in [0.25, 0.3) is 0 Å². The third-order valence-corrected chi connectivity index (χ3v) is 9.82. The van der Waals surface area contributed by atoms with Gasteiger partial charge in [-0.25, -0.2) is 0 Å². The fourth-order valence-corrected chi connectivity index (χ4v) is 8.28. The minimum absolute atomic E-state index is 0.0465. The molecule has 0 aromatic heterocycles. The van der Waals surface area contributed by atoms with Crippen LogP contribution in [0, 0.1) is 34.5 Å². The van der Waals surface area contributed by atoms with Crippen LogP contribution in [0.3, 0.4) is 0 Å². The summed E-state index contributed by atoms with van der Waals surface area (Å²) in [7, 11) is 0. The van der Waals surface area contributed by atoms with E-state index in [0.29, 0.717) is 12.3 Å². The van der Waals surface area contributed by atoms with Crippen LogP contribution in [-0.2, 0) is 23.9 Å². The fourth-order valence-electron chi connectivity index (χ4n) is 8.28. The van der Waals surface area contributed by atoms with Gasteiger partial charge in [0.1, 0.15) is 18.0 Å². The normalized spacial score (nSPS) is 46.4. The fraction of sp³-hybridized carbons (Fsp3) is 0.880. The van der Waals surface area contributed by atoms with Gasteiger partial charge in [-0.2, -0.15) is 0 Å². The molecule has 4 aliphatic carbocycles. The van der Waals surface area contributed by atoms with Crippen LogP contribution in [-0.4, -0.2) is 52.4 Å². The minimum Gasteiger partial charge on any atom is -0.462 e. The van der Waals surface area contributed by atoms with E-state index in [9.17, 15) is 24.6 Å². The van der Waals surface area contributed by atoms with Crippen molar-refractivity contribution in [3.8, 4) is 0 Å². The number of hydrogen-bond acceptors (Lipinski definition) is 7. The van der Waals surface area contributed by atoms with E-state index in [2.05, 4.69) is 6.92 Å². The van der Waals surface area contributed by atoms with Crippen LogP contribution in [0.1, 0.15) is 79.1 Å². The molecule has 0 aromatic rings. The van der Waals surface area contributed by atoms with Crippen molar-refractivity contribution in [2.45, 2.75) is 96.9 Å². The number of aliphatic hydroxyl groups excluding tert-OH is 1. The largest absolute Gasteiger partial charge is 0.462 e. The number of fused-ring (bicyclic) bond motifs is 5. The molecule has 4 saturated carbocycles. The Morgan fingerprint density at radius 3 is 2.47 bits per heavy atom. The number of ketones is 1. The van der Waals surface area contributed by atoms with Crippen LogP contribution in [0.15, 0.2) is 0 Å². The number of ether oxygens (including phenoxy) is 2. The Labute approximate surface area is 190 Å². The molecule has 0 radical (unpaired) electrons. The van der Waals surface area contributed by atoms with Gasteiger partial charge in [-0.3, -0.25) is 14.4 Å². The lowest BCUT2D eigenvalue weighted by Crippen LogP contribution is -2.63. The van der Waals surface area contributed by atoms with Gasteiger partial charge < -0.3 is 19.7 Å². The van der Waals surface area contributed by atoms with Gasteiger partial charge in [-0.05, 0) is 68.1 Å². The molecule has 0 saturated heterocycles. The number of carbonyl (C=O) groups is 3. The Morgan fingerprint density at radius 1 is 1.09 bits per heavy atom. The highest BCUT2D eigenvalue weighted by Crippen LogP contribution is 2.67. The van der Waals surface area contributed by atoms with Crippen molar-refractivity contribution >= 4 is 17.7 Å². The molecule has 7 nitrogen and oxygen atoms in total. The van der Waals surface area contributed by atoms with Crippen molar-refractivity contribution in [1.29, 1.82) is 0 Å². The SMILES string of the molecule is CC(=O)OC[C@H](OC(C)=O)[C@]1(O)CC[C@@H]2[C@@H]3CC[C@@H]4C[C@H](O)CC[C@]4(C)[C@H]3C(=O)C[C@@]21C. The van der Waals surface area contributed by atoms with Crippen LogP contribution < -0.4 is 0 Å². The summed E-state index contributed by atoms with van der Waals surface area (Å²) < 4.78 is 10.6. The molecule has 0 aromatic carbocycles. The van der Waals surface area contributed by atoms with Crippen molar-refractivity contribution in [2.75, 3.05) is 6.61 Å². The zero-order valence-corrected chi connectivity index (χ0v) is 19.8. The summed E-state index contributed by atoms with van der Waals surface area (Å²) in [5, 5.41) is 22.2. The molecule has 0 aliphatic heterocycles. The minimum atomic E-state index is -1.43. The number of Topliss-reactive ketones (excluding diaryl/α,β-unsaturated/α-hetero) is 1. The van der Waals surface area contributed by atoms with Gasteiger partial charge in [0.05, 0.1) is 6.10 Å². The molecule has 0 amide bonds. The van der Waals surface area contributed by atoms with Crippen molar-refractivity contribution in [3.63, 3.8) is 0 Å². The maximum absolute atomic E-state index is 13.7. The first kappa shape index (κ1) is 23.7. The van der Waals surface area contributed by atoms with Gasteiger partial charge in [0, 0.05) is 31.6 Å². The summed E-state index contributed by atoms with van der Waals surface area (Å²) in [6, 6.07) is 0. The summed E-state index contributed by atoms with van der Waals surface area (Å²) in [4.78, 5) is 37.0. The second kappa shape index (κ2) is 8.08. The van der Waals surface area contributed by atoms with Crippen LogP contribution in [0.5, 0.6) is 0 Å². The monoisotopic (exact) mass is 450 g/mol. The van der Waals surface area contributed by atoms with E-state index in [1.807, 2.05) is 6.92 Å². The maximum Gasteiger partial charge on any atom is 0.303 e. The molecule has 180 valence electrons. The van der Waals surface area contributed by atoms with Crippen molar-refractivity contribution in [1.82, 2.24) is 0 Å². The Bertz CT molecular complexity index is 795. The van der Waals surface area contributed by atoms with Crippen LogP contribution >= 0.6 is 0 Å². The van der Waals surface area contributed by atoms with Gasteiger partial charge in [0.15, 0.2) is 6.10 Å². The van der Waals surface area contributed by atoms with Crippen LogP contribution in [0.4, 0.5) is 0 Å². The van der Waals surface area contributed by atoms with E-state index >= 15 is 0 Å². The summed E-state index contributed by atoms with van der Waals surface area (Å²) in [6.07, 6.45) is 4.42. The molecule has 0 heterocycles. The van der Waals surface area contributed by atoms with Gasteiger partial charge in [0.2, 0.25) is 0 Å². The maximum atomic E-state index is 13.7. The first-order valence-corrected chi connectivity index (χ1v) is 12.2. The predicted octanol–water partition coefficient (Wildman–Crippen LogP) is 2.79. The number of rotatable bonds is 4. The zero-order valence-electron chi connectivity index (χ0n) is 19.8. The Morgan fingerprint density at radius 2 is 1.81 bits per heavy atom. The van der Waals surface area contributed by atoms with Crippen LogP contribution in [0.2, 0.25) is 0 Å². The van der Waals surface area contributed by atoms with Crippen molar-refractivity contribution in [3.05, 3.63) is 0 Å². The molecule has 0 bridgehead atoms. The summed E-state index contributed by atoms with van der Waals surface area (Å²) >= 11 is 0. The molecule has 2 N–H and O–H groups in total. The molecular weight excluding hydrogens is 412 g/mol. The molecule has 32 heavy (non-hydrogen) atoms. The predicted molar refractivity (Wildman–Crippen MR) is 115 cm³/mol. The molecule has 4 rings (SSSR count). The Balaban J connectivity index is 1.65. The second-order valence-corrected chi connectivity index (χ2v) is 11.4. The third kappa shape index (κ3) is 3.51. The number of carbonyl (C=O) groups excluding carboxylic acids is 3. The smallest absolute Gasteiger partial charge is 0.303 e. The number of aliphatic hydroxyl groups is 2. The molecule has 0 spiro atoms. The van der Waals surface area contributed by atoms with E-state index in [0.717, 1.165) is 38.5 Å². The van der Waals surface area contributed by atoms with E-state index < -0.39 is 29.1 Å². The van der Waals surface area contributed by atoms with E-state index in [4.69, 9.17) is 9.47 Å². The molecule has 4 aliphatic rings. The average Bonchev–Trinajstić information content (AvgIpc) is 2.96. The van der Waals surface area contributed by atoms with Gasteiger partial charge in [-0.15, -0.1) is 0 Å². The van der Waals surface area contributed by atoms with Gasteiger partial charge in [-0.1, -0.05) is 13.8 Å². The summed E-state index contributed by atoms with van der Waals surface area (Å²) in [5.41, 5.74) is -2.28. The number of hydrogen-bond donors (Lipinski definition) is 2. The average molecular weight is 451 g/mol. The van der Waals surface area contributed by atoms with Crippen molar-refractivity contribution in [2.24, 2.45) is 34.5 Å². The zero-order chi connectivity index (χ0) is 23.5. The lowest BCUT2D eigenvalue weighted by atomic mass is 9.44. The Hall–Kier alpha value is -1.47.